The highest BCUT2D eigenvalue weighted by Crippen LogP contribution is 2.20. The molecule has 2 aliphatic rings. The van der Waals surface area contributed by atoms with Crippen LogP contribution in [0.1, 0.15) is 6.92 Å². The fourth-order valence-corrected chi connectivity index (χ4v) is 3.12. The molecule has 0 radical (unpaired) electrons. The zero-order valence-electron chi connectivity index (χ0n) is 14.0. The van der Waals surface area contributed by atoms with Gasteiger partial charge in [-0.05, 0) is 12.1 Å². The van der Waals surface area contributed by atoms with Gasteiger partial charge in [-0.3, -0.25) is 14.5 Å². The maximum atomic E-state index is 13.6. The van der Waals surface area contributed by atoms with E-state index in [4.69, 9.17) is 9.47 Å². The predicted molar refractivity (Wildman–Crippen MR) is 88.6 cm³/mol. The number of nitrogens with one attached hydrogen (secondary N) is 2. The van der Waals surface area contributed by atoms with E-state index in [0.717, 1.165) is 0 Å². The molecule has 0 unspecified atom stereocenters. The first-order valence-corrected chi connectivity index (χ1v) is 8.28. The monoisotopic (exact) mass is 351 g/mol. The van der Waals surface area contributed by atoms with Crippen LogP contribution in [0, 0.1) is 5.82 Å². The van der Waals surface area contributed by atoms with Gasteiger partial charge in [0.2, 0.25) is 11.8 Å². The first kappa shape index (κ1) is 17.8. The summed E-state index contributed by atoms with van der Waals surface area (Å²) in [6, 6.07) is 5.91. The lowest BCUT2D eigenvalue weighted by atomic mass is 10.3. The molecule has 0 spiro atoms. The van der Waals surface area contributed by atoms with Gasteiger partial charge in [-0.15, -0.1) is 0 Å². The van der Waals surface area contributed by atoms with E-state index in [1.807, 2.05) is 4.90 Å². The van der Waals surface area contributed by atoms with Crippen molar-refractivity contribution < 1.29 is 23.5 Å². The molecular weight excluding hydrogens is 329 g/mol. The Morgan fingerprint density at radius 2 is 1.84 bits per heavy atom. The molecule has 0 bridgehead atoms. The van der Waals surface area contributed by atoms with E-state index >= 15 is 0 Å². The van der Waals surface area contributed by atoms with E-state index in [1.165, 1.54) is 19.1 Å². The van der Waals surface area contributed by atoms with Gasteiger partial charge in [0.05, 0.1) is 43.7 Å². The molecule has 7 nitrogen and oxygen atoms in total. The van der Waals surface area contributed by atoms with Crippen molar-refractivity contribution in [3.63, 3.8) is 0 Å². The summed E-state index contributed by atoms with van der Waals surface area (Å²) < 4.78 is 25.2. The highest BCUT2D eigenvalue weighted by Gasteiger charge is 2.38. The molecule has 2 atom stereocenters. The summed E-state index contributed by atoms with van der Waals surface area (Å²) in [4.78, 5) is 25.2. The molecule has 25 heavy (non-hydrogen) atoms. The number of amides is 2. The molecule has 1 aromatic rings. The van der Waals surface area contributed by atoms with Crippen molar-refractivity contribution in [1.29, 1.82) is 0 Å². The third-order valence-electron chi connectivity index (χ3n) is 4.24. The number of carbonyl (C=O) groups is 2. The maximum absolute atomic E-state index is 13.6. The fraction of sp³-hybridized carbons (Fsp3) is 0.529. The summed E-state index contributed by atoms with van der Waals surface area (Å²) in [6.07, 6.45) is -0.278. The zero-order valence-corrected chi connectivity index (χ0v) is 14.0. The van der Waals surface area contributed by atoms with Gasteiger partial charge < -0.3 is 20.1 Å². The molecule has 2 saturated heterocycles. The molecule has 2 amide bonds. The van der Waals surface area contributed by atoms with Crippen molar-refractivity contribution in [2.45, 2.75) is 25.2 Å². The van der Waals surface area contributed by atoms with Crippen molar-refractivity contribution in [2.24, 2.45) is 0 Å². The first-order chi connectivity index (χ1) is 12.0. The van der Waals surface area contributed by atoms with Crippen LogP contribution in [0.4, 0.5) is 10.1 Å². The summed E-state index contributed by atoms with van der Waals surface area (Å²) in [7, 11) is 0. The Morgan fingerprint density at radius 1 is 1.20 bits per heavy atom. The van der Waals surface area contributed by atoms with Crippen LogP contribution in [-0.4, -0.2) is 67.8 Å². The third kappa shape index (κ3) is 4.75. The molecule has 2 aliphatic heterocycles. The standard InChI is InChI=1S/C17H22FN3O4/c1-11(22)19-12-9-24-15-6-21(7-16(15)25-10-12)8-17(23)20-14-5-3-2-4-13(14)18/h2-5,12,15-16H,6-10H2,1H3,(H,19,22)(H,20,23)/t15-,16-/m0/s1. The number of halogens is 1. The van der Waals surface area contributed by atoms with Gasteiger partial charge >= 0.3 is 0 Å². The minimum atomic E-state index is -0.460. The topological polar surface area (TPSA) is 79.9 Å². The lowest BCUT2D eigenvalue weighted by Crippen LogP contribution is -2.40. The molecule has 0 aromatic heterocycles. The van der Waals surface area contributed by atoms with Crippen LogP contribution in [0.15, 0.2) is 24.3 Å². The number of rotatable bonds is 4. The predicted octanol–water partition coefficient (Wildman–Crippen LogP) is 0.369. The molecule has 3 rings (SSSR count). The van der Waals surface area contributed by atoms with Crippen molar-refractivity contribution in [3.8, 4) is 0 Å². The van der Waals surface area contributed by atoms with Crippen LogP contribution >= 0.6 is 0 Å². The van der Waals surface area contributed by atoms with Crippen molar-refractivity contribution in [2.75, 3.05) is 38.2 Å². The maximum Gasteiger partial charge on any atom is 0.238 e. The smallest absolute Gasteiger partial charge is 0.238 e. The summed E-state index contributed by atoms with van der Waals surface area (Å²) in [5, 5.41) is 5.36. The summed E-state index contributed by atoms with van der Waals surface area (Å²) in [5.74, 6) is -0.855. The van der Waals surface area contributed by atoms with E-state index in [1.54, 1.807) is 12.1 Å². The quantitative estimate of drug-likeness (QED) is 0.819. The SMILES string of the molecule is CC(=O)NC1CO[C@H]2CN(CC(=O)Nc3ccccc3F)C[C@@H]2OC1. The second kappa shape index (κ2) is 7.90. The van der Waals surface area contributed by atoms with Crippen LogP contribution in [0.2, 0.25) is 0 Å². The number of hydrogen-bond acceptors (Lipinski definition) is 5. The number of carbonyl (C=O) groups excluding carboxylic acids is 2. The molecule has 0 aliphatic carbocycles. The lowest BCUT2D eigenvalue weighted by molar-refractivity contribution is -0.120. The Balaban J connectivity index is 1.48. The van der Waals surface area contributed by atoms with E-state index < -0.39 is 5.82 Å². The van der Waals surface area contributed by atoms with Crippen LogP contribution in [-0.2, 0) is 19.1 Å². The Labute approximate surface area is 145 Å². The van der Waals surface area contributed by atoms with Crippen LogP contribution in [0.5, 0.6) is 0 Å². The Morgan fingerprint density at radius 3 is 2.44 bits per heavy atom. The van der Waals surface area contributed by atoms with Gasteiger partial charge in [0.1, 0.15) is 5.82 Å². The Bertz CT molecular complexity index is 626. The fourth-order valence-electron chi connectivity index (χ4n) is 3.12. The van der Waals surface area contributed by atoms with Crippen LogP contribution in [0.25, 0.3) is 0 Å². The van der Waals surface area contributed by atoms with Gasteiger partial charge in [0.15, 0.2) is 0 Å². The minimum absolute atomic E-state index is 0.115. The van der Waals surface area contributed by atoms with Gasteiger partial charge in [0, 0.05) is 20.0 Å². The number of likely N-dealkylation sites (tertiary alicyclic amines) is 1. The lowest BCUT2D eigenvalue weighted by Gasteiger charge is -2.18. The van der Waals surface area contributed by atoms with Gasteiger partial charge in [-0.25, -0.2) is 4.39 Å². The van der Waals surface area contributed by atoms with Crippen molar-refractivity contribution in [1.82, 2.24) is 10.2 Å². The molecule has 0 saturated carbocycles. The number of hydrogen-bond donors (Lipinski definition) is 2. The largest absolute Gasteiger partial charge is 0.372 e. The summed E-state index contributed by atoms with van der Waals surface area (Å²) in [5.41, 5.74) is 0.173. The molecular formula is C17H22FN3O4. The number of ether oxygens (including phenoxy) is 2. The van der Waals surface area contributed by atoms with Crippen molar-refractivity contribution >= 4 is 17.5 Å². The van der Waals surface area contributed by atoms with E-state index in [0.29, 0.717) is 26.3 Å². The number of fused-ring (bicyclic) bond motifs is 1. The van der Waals surface area contributed by atoms with E-state index in [9.17, 15) is 14.0 Å². The number of anilines is 1. The molecule has 136 valence electrons. The summed E-state index contributed by atoms with van der Waals surface area (Å²) >= 11 is 0. The van der Waals surface area contributed by atoms with Gasteiger partial charge in [-0.2, -0.15) is 0 Å². The molecule has 2 fully saturated rings. The highest BCUT2D eigenvalue weighted by molar-refractivity contribution is 5.92. The normalized spacial score (nSPS) is 24.4. The molecule has 1 aromatic carbocycles. The first-order valence-electron chi connectivity index (χ1n) is 8.28. The van der Waals surface area contributed by atoms with Gasteiger partial charge in [0.25, 0.3) is 0 Å². The minimum Gasteiger partial charge on any atom is -0.372 e. The van der Waals surface area contributed by atoms with Gasteiger partial charge in [-0.1, -0.05) is 12.1 Å². The van der Waals surface area contributed by atoms with E-state index in [-0.39, 0.29) is 42.3 Å². The summed E-state index contributed by atoms with van der Waals surface area (Å²) in [6.45, 7) is 3.49. The average molecular weight is 351 g/mol. The van der Waals surface area contributed by atoms with Crippen molar-refractivity contribution in [3.05, 3.63) is 30.1 Å². The molecule has 8 heteroatoms. The van der Waals surface area contributed by atoms with E-state index in [2.05, 4.69) is 10.6 Å². The third-order valence-corrected chi connectivity index (χ3v) is 4.24. The Kier molecular flexibility index (Phi) is 5.62. The number of nitrogens with zero attached hydrogens (tertiary/aromatic N) is 1. The van der Waals surface area contributed by atoms with Crippen LogP contribution < -0.4 is 10.6 Å². The number of benzene rings is 1. The zero-order chi connectivity index (χ0) is 17.8. The van der Waals surface area contributed by atoms with Crippen LogP contribution in [0.3, 0.4) is 0 Å². The second-order valence-electron chi connectivity index (χ2n) is 6.36. The molecule has 2 heterocycles. The Hall–Kier alpha value is -2.03. The second-order valence-corrected chi connectivity index (χ2v) is 6.36. The highest BCUT2D eigenvalue weighted by atomic mass is 19.1. The molecule has 2 N–H and O–H groups in total. The average Bonchev–Trinajstić information content (AvgIpc) is 2.84. The number of para-hydroxylation sites is 1.